The number of aromatic nitrogens is 2. The lowest BCUT2D eigenvalue weighted by Crippen LogP contribution is -2.48. The largest absolute Gasteiger partial charge is 0.379 e. The predicted octanol–water partition coefficient (Wildman–Crippen LogP) is 4.33. The van der Waals surface area contributed by atoms with Crippen molar-refractivity contribution in [2.75, 3.05) is 63.9 Å². The number of hydrogen-bond donors (Lipinski definition) is 1. The van der Waals surface area contributed by atoms with Gasteiger partial charge in [-0.2, -0.15) is 0 Å². The number of fused-ring (bicyclic) bond motifs is 1. The first-order chi connectivity index (χ1) is 16.6. The number of aromatic amines is 1. The van der Waals surface area contributed by atoms with Crippen molar-refractivity contribution in [1.29, 1.82) is 0 Å². The Balaban J connectivity index is 1.29. The molecule has 0 bridgehead atoms. The Bertz CT molecular complexity index is 1080. The number of ether oxygens (including phenoxy) is 1. The van der Waals surface area contributed by atoms with Gasteiger partial charge in [-0.25, -0.2) is 0 Å². The highest BCUT2D eigenvalue weighted by Gasteiger charge is 2.19. The molecule has 6 heteroatoms. The Hall–Kier alpha value is -2.41. The maximum Gasteiger partial charge on any atom is 0.0799 e. The zero-order valence-corrected chi connectivity index (χ0v) is 21.0. The zero-order valence-electron chi connectivity index (χ0n) is 21.0. The molecule has 5 rings (SSSR count). The SMILES string of the molecule is Cc1cc2[nH]c(CCCN3CCOCC3)cc2c(-c2ccc(N3CCN(C(C)C)CC3)cc2)n1. The van der Waals surface area contributed by atoms with E-state index >= 15 is 0 Å². The monoisotopic (exact) mass is 461 g/mol. The third-order valence-corrected chi connectivity index (χ3v) is 7.38. The van der Waals surface area contributed by atoms with E-state index in [1.807, 2.05) is 0 Å². The normalized spacial score (nSPS) is 18.3. The van der Waals surface area contributed by atoms with E-state index in [2.05, 4.69) is 76.9 Å². The molecule has 6 nitrogen and oxygen atoms in total. The van der Waals surface area contributed by atoms with Gasteiger partial charge in [0, 0.05) is 78.9 Å². The standard InChI is InChI=1S/C28H39N5O/c1-21(2)32-11-13-33(14-12-32)25-8-6-23(7-9-25)28-26-20-24(30-27(26)19-22(3)29-28)5-4-10-31-15-17-34-18-16-31/h6-9,19-21,30H,4-5,10-18H2,1-3H3. The molecule has 182 valence electrons. The molecule has 0 aliphatic carbocycles. The summed E-state index contributed by atoms with van der Waals surface area (Å²) in [5.41, 5.74) is 7.14. The number of H-pyrrole nitrogens is 1. The average molecular weight is 462 g/mol. The van der Waals surface area contributed by atoms with E-state index < -0.39 is 0 Å². The number of pyridine rings is 1. The van der Waals surface area contributed by atoms with Gasteiger partial charge in [0.1, 0.15) is 0 Å². The van der Waals surface area contributed by atoms with Gasteiger partial charge in [-0.05, 0) is 64.4 Å². The number of hydrogen-bond acceptors (Lipinski definition) is 5. The maximum absolute atomic E-state index is 5.47. The van der Waals surface area contributed by atoms with E-state index in [4.69, 9.17) is 9.72 Å². The smallest absolute Gasteiger partial charge is 0.0799 e. The summed E-state index contributed by atoms with van der Waals surface area (Å²) in [6, 6.07) is 14.2. The summed E-state index contributed by atoms with van der Waals surface area (Å²) in [7, 11) is 0. The lowest BCUT2D eigenvalue weighted by atomic mass is 10.1. The fraction of sp³-hybridized carbons (Fsp3) is 0.536. The van der Waals surface area contributed by atoms with Gasteiger partial charge in [-0.3, -0.25) is 14.8 Å². The van der Waals surface area contributed by atoms with Crippen molar-refractivity contribution < 1.29 is 4.74 Å². The molecule has 1 N–H and O–H groups in total. The van der Waals surface area contributed by atoms with Crippen LogP contribution in [0.3, 0.4) is 0 Å². The number of anilines is 1. The number of rotatable bonds is 7. The number of piperazine rings is 1. The number of morpholine rings is 1. The van der Waals surface area contributed by atoms with Crippen LogP contribution in [-0.4, -0.2) is 84.8 Å². The van der Waals surface area contributed by atoms with Crippen LogP contribution in [0, 0.1) is 6.92 Å². The van der Waals surface area contributed by atoms with E-state index in [9.17, 15) is 0 Å². The molecule has 34 heavy (non-hydrogen) atoms. The topological polar surface area (TPSA) is 47.6 Å². The summed E-state index contributed by atoms with van der Waals surface area (Å²) < 4.78 is 5.47. The highest BCUT2D eigenvalue weighted by Crippen LogP contribution is 2.30. The molecule has 0 saturated carbocycles. The highest BCUT2D eigenvalue weighted by atomic mass is 16.5. The quantitative estimate of drug-likeness (QED) is 0.567. The van der Waals surface area contributed by atoms with Crippen LogP contribution in [0.1, 0.15) is 31.7 Å². The van der Waals surface area contributed by atoms with Gasteiger partial charge < -0.3 is 14.6 Å². The number of benzene rings is 1. The molecule has 0 radical (unpaired) electrons. The van der Waals surface area contributed by atoms with Crippen LogP contribution in [0.15, 0.2) is 36.4 Å². The molecule has 2 aromatic heterocycles. The fourth-order valence-corrected chi connectivity index (χ4v) is 5.32. The third-order valence-electron chi connectivity index (χ3n) is 7.38. The van der Waals surface area contributed by atoms with Crippen molar-refractivity contribution in [2.24, 2.45) is 0 Å². The Morgan fingerprint density at radius 1 is 0.971 bits per heavy atom. The minimum atomic E-state index is 0.630. The van der Waals surface area contributed by atoms with Crippen molar-refractivity contribution in [3.8, 4) is 11.3 Å². The van der Waals surface area contributed by atoms with Gasteiger partial charge in [0.15, 0.2) is 0 Å². The van der Waals surface area contributed by atoms with Crippen LogP contribution in [0.25, 0.3) is 22.2 Å². The molecular weight excluding hydrogens is 422 g/mol. The molecule has 0 unspecified atom stereocenters. The Morgan fingerprint density at radius 2 is 1.71 bits per heavy atom. The van der Waals surface area contributed by atoms with Crippen molar-refractivity contribution in [1.82, 2.24) is 19.8 Å². The zero-order chi connectivity index (χ0) is 23.5. The van der Waals surface area contributed by atoms with Gasteiger partial charge in [0.2, 0.25) is 0 Å². The van der Waals surface area contributed by atoms with E-state index in [1.54, 1.807) is 0 Å². The van der Waals surface area contributed by atoms with Gasteiger partial charge in [-0.15, -0.1) is 0 Å². The summed E-state index contributed by atoms with van der Waals surface area (Å²) in [6.45, 7) is 16.1. The van der Waals surface area contributed by atoms with Gasteiger partial charge in [-0.1, -0.05) is 12.1 Å². The number of aryl methyl sites for hydroxylation is 2. The molecule has 2 saturated heterocycles. The van der Waals surface area contributed by atoms with Crippen LogP contribution in [-0.2, 0) is 11.2 Å². The Morgan fingerprint density at radius 3 is 2.41 bits per heavy atom. The van der Waals surface area contributed by atoms with E-state index in [-0.39, 0.29) is 0 Å². The van der Waals surface area contributed by atoms with E-state index in [0.717, 1.165) is 83.3 Å². The molecule has 2 aliphatic heterocycles. The first-order valence-electron chi connectivity index (χ1n) is 13.0. The summed E-state index contributed by atoms with van der Waals surface area (Å²) in [5, 5.41) is 1.23. The molecule has 0 amide bonds. The molecule has 2 aliphatic rings. The Kier molecular flexibility index (Phi) is 7.18. The maximum atomic E-state index is 5.47. The van der Waals surface area contributed by atoms with Crippen molar-refractivity contribution in [2.45, 2.75) is 39.7 Å². The number of nitrogens with zero attached hydrogens (tertiary/aromatic N) is 4. The molecule has 3 aromatic rings. The van der Waals surface area contributed by atoms with Crippen LogP contribution in [0.2, 0.25) is 0 Å². The van der Waals surface area contributed by atoms with Crippen molar-refractivity contribution in [3.63, 3.8) is 0 Å². The predicted molar refractivity (Wildman–Crippen MR) is 141 cm³/mol. The first kappa shape index (κ1) is 23.3. The summed E-state index contributed by atoms with van der Waals surface area (Å²) >= 11 is 0. The summed E-state index contributed by atoms with van der Waals surface area (Å²) in [5.74, 6) is 0. The summed E-state index contributed by atoms with van der Waals surface area (Å²) in [6.07, 6.45) is 2.22. The second-order valence-corrected chi connectivity index (χ2v) is 10.1. The third kappa shape index (κ3) is 5.29. The lowest BCUT2D eigenvalue weighted by molar-refractivity contribution is 0.0374. The first-order valence-corrected chi connectivity index (χ1v) is 13.0. The molecule has 0 spiro atoms. The summed E-state index contributed by atoms with van der Waals surface area (Å²) in [4.78, 5) is 16.2. The van der Waals surface area contributed by atoms with Crippen LogP contribution >= 0.6 is 0 Å². The van der Waals surface area contributed by atoms with Gasteiger partial charge >= 0.3 is 0 Å². The lowest BCUT2D eigenvalue weighted by Gasteiger charge is -2.38. The molecule has 4 heterocycles. The second-order valence-electron chi connectivity index (χ2n) is 10.1. The highest BCUT2D eigenvalue weighted by molar-refractivity contribution is 5.94. The van der Waals surface area contributed by atoms with E-state index in [1.165, 1.54) is 27.8 Å². The minimum Gasteiger partial charge on any atom is -0.379 e. The fourth-order valence-electron chi connectivity index (χ4n) is 5.32. The minimum absolute atomic E-state index is 0.630. The molecule has 0 atom stereocenters. The van der Waals surface area contributed by atoms with Crippen LogP contribution in [0.4, 0.5) is 5.69 Å². The second kappa shape index (κ2) is 10.5. The van der Waals surface area contributed by atoms with Crippen molar-refractivity contribution in [3.05, 3.63) is 47.8 Å². The van der Waals surface area contributed by atoms with Gasteiger partial charge in [0.05, 0.1) is 18.9 Å². The van der Waals surface area contributed by atoms with Crippen LogP contribution in [0.5, 0.6) is 0 Å². The Labute approximate surface area is 203 Å². The molecule has 2 fully saturated rings. The van der Waals surface area contributed by atoms with Crippen LogP contribution < -0.4 is 4.90 Å². The molecule has 1 aromatic carbocycles. The van der Waals surface area contributed by atoms with Crippen molar-refractivity contribution >= 4 is 16.6 Å². The molecular formula is C28H39N5O. The van der Waals surface area contributed by atoms with Gasteiger partial charge in [0.25, 0.3) is 0 Å². The number of nitrogens with one attached hydrogen (secondary N) is 1. The van der Waals surface area contributed by atoms with E-state index in [0.29, 0.717) is 6.04 Å². The average Bonchev–Trinajstić information content (AvgIpc) is 3.27.